The lowest BCUT2D eigenvalue weighted by atomic mass is 10.1. The molecular weight excluding hydrogens is 230 g/mol. The van der Waals surface area contributed by atoms with Gasteiger partial charge in [0.2, 0.25) is 0 Å². The fourth-order valence-electron chi connectivity index (χ4n) is 2.08. The van der Waals surface area contributed by atoms with Gasteiger partial charge in [-0.25, -0.2) is 0 Å². The van der Waals surface area contributed by atoms with E-state index in [-0.39, 0.29) is 0 Å². The molecule has 1 N–H and O–H groups in total. The number of carboxylic acid groups (broad SMARTS) is 1. The summed E-state index contributed by atoms with van der Waals surface area (Å²) in [5.74, 6) is 0.214. The van der Waals surface area contributed by atoms with Crippen LogP contribution in [0.25, 0.3) is 0 Å². The number of rotatable bonds is 5. The second kappa shape index (κ2) is 5.40. The van der Waals surface area contributed by atoms with Gasteiger partial charge in [-0.05, 0) is 37.6 Å². The first-order chi connectivity index (χ1) is 8.58. The maximum absolute atomic E-state index is 10.8. The topological polar surface area (TPSA) is 49.8 Å². The molecule has 1 aliphatic rings. The lowest BCUT2D eigenvalue weighted by Gasteiger charge is -2.20. The average Bonchev–Trinajstić information content (AvgIpc) is 2.82. The normalized spacial score (nSPS) is 15.3. The van der Waals surface area contributed by atoms with Crippen molar-refractivity contribution in [3.05, 3.63) is 29.3 Å². The van der Waals surface area contributed by atoms with Gasteiger partial charge in [0.1, 0.15) is 11.8 Å². The van der Waals surface area contributed by atoms with Crippen molar-refractivity contribution in [1.82, 2.24) is 4.90 Å². The van der Waals surface area contributed by atoms with E-state index < -0.39 is 12.0 Å². The molecule has 1 aliphatic heterocycles. The molecule has 2 rings (SSSR count). The highest BCUT2D eigenvalue weighted by Crippen LogP contribution is 2.26. The fourth-order valence-corrected chi connectivity index (χ4v) is 2.08. The van der Waals surface area contributed by atoms with Gasteiger partial charge in [-0.1, -0.05) is 12.1 Å². The van der Waals surface area contributed by atoms with Crippen molar-refractivity contribution in [3.8, 4) is 5.75 Å². The van der Waals surface area contributed by atoms with Crippen LogP contribution in [0.5, 0.6) is 5.75 Å². The van der Waals surface area contributed by atoms with Gasteiger partial charge in [-0.3, -0.25) is 9.69 Å². The molecule has 0 spiro atoms. The summed E-state index contributed by atoms with van der Waals surface area (Å²) in [6.07, 6.45) is 1.84. The molecule has 0 radical (unpaired) electrons. The molecular formula is C14H19NO3. The van der Waals surface area contributed by atoms with E-state index in [1.54, 1.807) is 6.92 Å². The van der Waals surface area contributed by atoms with Gasteiger partial charge in [0, 0.05) is 13.0 Å². The maximum atomic E-state index is 10.8. The monoisotopic (exact) mass is 249 g/mol. The molecule has 1 aromatic carbocycles. The van der Waals surface area contributed by atoms with Gasteiger partial charge in [-0.15, -0.1) is 0 Å². The third kappa shape index (κ3) is 2.82. The number of ether oxygens (including phenoxy) is 1. The van der Waals surface area contributed by atoms with E-state index in [9.17, 15) is 4.79 Å². The molecule has 0 aliphatic carbocycles. The van der Waals surface area contributed by atoms with Crippen LogP contribution in [0.2, 0.25) is 0 Å². The summed E-state index contributed by atoms with van der Waals surface area (Å²) < 4.78 is 5.46. The summed E-state index contributed by atoms with van der Waals surface area (Å²) in [4.78, 5) is 12.7. The van der Waals surface area contributed by atoms with E-state index in [0.717, 1.165) is 31.7 Å². The van der Waals surface area contributed by atoms with E-state index in [1.165, 1.54) is 11.1 Å². The van der Waals surface area contributed by atoms with Crippen LogP contribution >= 0.6 is 0 Å². The predicted octanol–water partition coefficient (Wildman–Crippen LogP) is 1.57. The minimum atomic E-state index is -0.778. The van der Waals surface area contributed by atoms with Crippen LogP contribution in [0.3, 0.4) is 0 Å². The Morgan fingerprint density at radius 3 is 3.06 bits per heavy atom. The number of fused-ring (bicyclic) bond motifs is 1. The number of aliphatic carboxylic acids is 1. The number of carboxylic acids is 1. The third-order valence-electron chi connectivity index (χ3n) is 3.53. The van der Waals surface area contributed by atoms with E-state index >= 15 is 0 Å². The zero-order valence-corrected chi connectivity index (χ0v) is 10.8. The molecule has 0 saturated carbocycles. The largest absolute Gasteiger partial charge is 0.493 e. The van der Waals surface area contributed by atoms with Gasteiger partial charge >= 0.3 is 5.97 Å². The van der Waals surface area contributed by atoms with Gasteiger partial charge in [-0.2, -0.15) is 0 Å². The first-order valence-electron chi connectivity index (χ1n) is 6.25. The quantitative estimate of drug-likeness (QED) is 0.860. The minimum Gasteiger partial charge on any atom is -0.493 e. The number of likely N-dealkylation sites (N-methyl/N-ethyl adjacent to an activating group) is 1. The highest BCUT2D eigenvalue weighted by atomic mass is 16.5. The number of hydrogen-bond donors (Lipinski definition) is 1. The van der Waals surface area contributed by atoms with E-state index in [1.807, 2.05) is 18.0 Å². The molecule has 0 unspecified atom stereocenters. The molecule has 98 valence electrons. The van der Waals surface area contributed by atoms with Crippen molar-refractivity contribution in [1.29, 1.82) is 0 Å². The lowest BCUT2D eigenvalue weighted by molar-refractivity contribution is -0.142. The molecule has 4 nitrogen and oxygen atoms in total. The predicted molar refractivity (Wildman–Crippen MR) is 69.1 cm³/mol. The van der Waals surface area contributed by atoms with Crippen LogP contribution in [0, 0.1) is 0 Å². The molecule has 0 amide bonds. The van der Waals surface area contributed by atoms with Crippen molar-refractivity contribution in [2.24, 2.45) is 0 Å². The number of nitrogens with zero attached hydrogens (tertiary/aromatic N) is 1. The van der Waals surface area contributed by atoms with Crippen LogP contribution < -0.4 is 4.74 Å². The zero-order valence-electron chi connectivity index (χ0n) is 10.8. The molecule has 0 saturated heterocycles. The van der Waals surface area contributed by atoms with E-state index in [4.69, 9.17) is 9.84 Å². The summed E-state index contributed by atoms with van der Waals surface area (Å²) >= 11 is 0. The van der Waals surface area contributed by atoms with Crippen LogP contribution in [0.4, 0.5) is 0 Å². The Balaban J connectivity index is 1.92. The van der Waals surface area contributed by atoms with Crippen molar-refractivity contribution in [2.75, 3.05) is 20.2 Å². The highest BCUT2D eigenvalue weighted by Gasteiger charge is 2.17. The average molecular weight is 249 g/mol. The summed E-state index contributed by atoms with van der Waals surface area (Å²) in [7, 11) is 1.84. The molecule has 0 fully saturated rings. The SMILES string of the molecule is C[C@@H](C(=O)O)N(C)CCc1ccc2c(c1)CCO2. The van der Waals surface area contributed by atoms with Gasteiger partial charge in [0.15, 0.2) is 0 Å². The van der Waals surface area contributed by atoms with Crippen LogP contribution in [-0.2, 0) is 17.6 Å². The smallest absolute Gasteiger partial charge is 0.320 e. The molecule has 1 heterocycles. The number of benzene rings is 1. The first-order valence-corrected chi connectivity index (χ1v) is 6.25. The summed E-state index contributed by atoms with van der Waals surface area (Å²) in [6, 6.07) is 5.80. The Morgan fingerprint density at radius 1 is 1.56 bits per heavy atom. The fraction of sp³-hybridized carbons (Fsp3) is 0.500. The minimum absolute atomic E-state index is 0.442. The molecule has 0 aromatic heterocycles. The van der Waals surface area contributed by atoms with Crippen molar-refractivity contribution in [2.45, 2.75) is 25.8 Å². The Kier molecular flexibility index (Phi) is 3.87. The molecule has 18 heavy (non-hydrogen) atoms. The lowest BCUT2D eigenvalue weighted by Crippen LogP contribution is -2.37. The summed E-state index contributed by atoms with van der Waals surface area (Å²) in [5, 5.41) is 8.92. The molecule has 0 bridgehead atoms. The Morgan fingerprint density at radius 2 is 2.33 bits per heavy atom. The molecule has 4 heteroatoms. The Labute approximate surface area is 107 Å². The van der Waals surface area contributed by atoms with Crippen molar-refractivity contribution in [3.63, 3.8) is 0 Å². The van der Waals surface area contributed by atoms with E-state index in [2.05, 4.69) is 12.1 Å². The Bertz CT molecular complexity index is 445. The number of carbonyl (C=O) groups is 1. The maximum Gasteiger partial charge on any atom is 0.320 e. The van der Waals surface area contributed by atoms with Gasteiger partial charge < -0.3 is 9.84 Å². The van der Waals surface area contributed by atoms with Gasteiger partial charge in [0.05, 0.1) is 6.61 Å². The highest BCUT2D eigenvalue weighted by molar-refractivity contribution is 5.72. The van der Waals surface area contributed by atoms with Crippen LogP contribution in [0.15, 0.2) is 18.2 Å². The third-order valence-corrected chi connectivity index (χ3v) is 3.53. The molecule has 1 aromatic rings. The summed E-state index contributed by atoms with van der Waals surface area (Å²) in [6.45, 7) is 3.22. The van der Waals surface area contributed by atoms with Gasteiger partial charge in [0.25, 0.3) is 0 Å². The second-order valence-electron chi connectivity index (χ2n) is 4.79. The van der Waals surface area contributed by atoms with Crippen molar-refractivity contribution < 1.29 is 14.6 Å². The van der Waals surface area contributed by atoms with Crippen LogP contribution in [0.1, 0.15) is 18.1 Å². The number of hydrogen-bond acceptors (Lipinski definition) is 3. The van der Waals surface area contributed by atoms with Crippen molar-refractivity contribution >= 4 is 5.97 Å². The zero-order chi connectivity index (χ0) is 13.1. The standard InChI is InChI=1S/C14H19NO3/c1-10(14(16)17)15(2)7-5-11-3-4-13-12(9-11)6-8-18-13/h3-4,9-10H,5-8H2,1-2H3,(H,16,17)/t10-/m0/s1. The summed E-state index contributed by atoms with van der Waals surface area (Å²) in [5.41, 5.74) is 2.50. The molecule has 1 atom stereocenters. The first kappa shape index (κ1) is 12.9. The van der Waals surface area contributed by atoms with E-state index in [0.29, 0.717) is 0 Å². The second-order valence-corrected chi connectivity index (χ2v) is 4.79. The Hall–Kier alpha value is -1.55. The van der Waals surface area contributed by atoms with Crippen LogP contribution in [-0.4, -0.2) is 42.2 Å².